The van der Waals surface area contributed by atoms with Crippen LogP contribution in [0.5, 0.6) is 0 Å². The third-order valence-corrected chi connectivity index (χ3v) is 10.6. The molecule has 0 amide bonds. The first-order valence-corrected chi connectivity index (χ1v) is 15.8. The topological polar surface area (TPSA) is 41.3 Å². The van der Waals surface area contributed by atoms with E-state index in [0.29, 0.717) is 17.8 Å². The summed E-state index contributed by atoms with van der Waals surface area (Å²) in [6.45, 7) is 14.0. The molecule has 3 aromatic carbocycles. The van der Waals surface area contributed by atoms with Gasteiger partial charge in [-0.2, -0.15) is 0 Å². The van der Waals surface area contributed by atoms with Gasteiger partial charge in [0.2, 0.25) is 0 Å². The molecular formula is C35H42N3PS. The molecule has 5 rings (SSSR count). The van der Waals surface area contributed by atoms with Crippen LogP contribution in [-0.2, 0) is 13.0 Å². The second-order valence-corrected chi connectivity index (χ2v) is 12.7. The predicted octanol–water partition coefficient (Wildman–Crippen LogP) is 7.87. The van der Waals surface area contributed by atoms with Crippen molar-refractivity contribution in [2.45, 2.75) is 64.6 Å². The van der Waals surface area contributed by atoms with Crippen molar-refractivity contribution in [3.05, 3.63) is 101 Å². The van der Waals surface area contributed by atoms with Gasteiger partial charge in [0.1, 0.15) is 0 Å². The summed E-state index contributed by atoms with van der Waals surface area (Å²) in [6.07, 6.45) is 5.75. The molecule has 40 heavy (non-hydrogen) atoms. The highest BCUT2D eigenvalue weighted by atomic mass is 32.1. The Morgan fingerprint density at radius 3 is 2.33 bits per heavy atom. The summed E-state index contributed by atoms with van der Waals surface area (Å²) in [7, 11) is 5.13. The van der Waals surface area contributed by atoms with Crippen LogP contribution in [0.1, 0.15) is 59.7 Å². The Balaban J connectivity index is 1.53. The maximum Gasteiger partial charge on any atom is 0.0582 e. The number of aryl methyl sites for hydroxylation is 2. The van der Waals surface area contributed by atoms with Gasteiger partial charge in [0.05, 0.1) is 4.88 Å². The number of thiophene rings is 1. The molecule has 4 aromatic rings. The second kappa shape index (κ2) is 12.3. The lowest BCUT2D eigenvalue weighted by Gasteiger charge is -2.40. The maximum atomic E-state index is 5.91. The summed E-state index contributed by atoms with van der Waals surface area (Å²) >= 11 is 1.88. The van der Waals surface area contributed by atoms with Crippen LogP contribution in [0.15, 0.2) is 73.8 Å². The zero-order valence-corrected chi connectivity index (χ0v) is 26.1. The van der Waals surface area contributed by atoms with E-state index in [-0.39, 0.29) is 0 Å². The Morgan fingerprint density at radius 1 is 1.00 bits per heavy atom. The standard InChI is InChI=1S/C35H42N3PS/c1-6-25-10-15-28(27-13-11-26(12-14-27)23(3)36)20-29(25)21-38(31-18-16-30(37-5)17-19-31)24(4)35-34(39)33-22(2)8-7-9-32(33)40-35/h7-15,20,30-31,37H,3-4,6,16-19,21,36,39H2,1-2,5H3. The molecule has 1 aliphatic carbocycles. The first-order valence-electron chi connectivity index (χ1n) is 14.4. The van der Waals surface area contributed by atoms with Crippen molar-refractivity contribution < 1.29 is 0 Å². The van der Waals surface area contributed by atoms with Crippen molar-refractivity contribution in [3.8, 4) is 11.1 Å². The van der Waals surface area contributed by atoms with Crippen molar-refractivity contribution in [2.75, 3.05) is 7.05 Å². The first kappa shape index (κ1) is 28.6. The minimum absolute atomic E-state index is 0.469. The highest BCUT2D eigenvalue weighted by Gasteiger charge is 2.29. The fourth-order valence-electron chi connectivity index (χ4n) is 6.17. The lowest BCUT2D eigenvalue weighted by Crippen LogP contribution is -2.40. The molecule has 1 saturated carbocycles. The fraction of sp³-hybridized carbons (Fsp3) is 0.314. The third-order valence-electron chi connectivity index (χ3n) is 8.63. The maximum absolute atomic E-state index is 5.91. The number of rotatable bonds is 9. The highest BCUT2D eigenvalue weighted by Crippen LogP contribution is 2.37. The lowest BCUT2D eigenvalue weighted by molar-refractivity contribution is 0.205. The van der Waals surface area contributed by atoms with Gasteiger partial charge >= 0.3 is 0 Å². The molecule has 5 heteroatoms. The van der Waals surface area contributed by atoms with E-state index in [1.54, 1.807) is 0 Å². The molecule has 1 aliphatic rings. The van der Waals surface area contributed by atoms with Gasteiger partial charge in [0.25, 0.3) is 0 Å². The van der Waals surface area contributed by atoms with Gasteiger partial charge in [-0.25, -0.2) is 0 Å². The smallest absolute Gasteiger partial charge is 0.0582 e. The van der Waals surface area contributed by atoms with Gasteiger partial charge in [0.15, 0.2) is 0 Å². The lowest BCUT2D eigenvalue weighted by atomic mass is 9.89. The first-order chi connectivity index (χ1) is 19.3. The molecule has 3 nitrogen and oxygen atoms in total. The Morgan fingerprint density at radius 2 is 1.70 bits per heavy atom. The van der Waals surface area contributed by atoms with Gasteiger partial charge in [-0.3, -0.25) is 0 Å². The Kier molecular flexibility index (Phi) is 8.80. The molecule has 0 radical (unpaired) electrons. The molecule has 0 saturated heterocycles. The van der Waals surface area contributed by atoms with Crippen LogP contribution < -0.4 is 16.4 Å². The van der Waals surface area contributed by atoms with Gasteiger partial charge in [-0.05, 0) is 96.9 Å². The number of nitrogens with zero attached hydrogens (tertiary/aromatic N) is 1. The number of fused-ring (bicyclic) bond motifs is 1. The molecular weight excluding hydrogens is 525 g/mol. The van der Waals surface area contributed by atoms with Crippen LogP contribution in [0.25, 0.3) is 32.6 Å². The average Bonchev–Trinajstić information content (AvgIpc) is 3.32. The van der Waals surface area contributed by atoms with E-state index in [1.165, 1.54) is 73.8 Å². The van der Waals surface area contributed by atoms with Crippen LogP contribution in [0.4, 0.5) is 0 Å². The normalized spacial score (nSPS) is 17.2. The van der Waals surface area contributed by atoms with Gasteiger partial charge < -0.3 is 16.0 Å². The van der Waals surface area contributed by atoms with E-state index in [1.807, 2.05) is 11.3 Å². The second-order valence-electron chi connectivity index (χ2n) is 11.1. The molecule has 1 fully saturated rings. The number of hydrogen-bond donors (Lipinski definition) is 2. The van der Waals surface area contributed by atoms with E-state index in [2.05, 4.69) is 108 Å². The number of benzene rings is 3. The van der Waals surface area contributed by atoms with Crippen LogP contribution >= 0.6 is 20.6 Å². The highest BCUT2D eigenvalue weighted by molar-refractivity contribution is 7.33. The number of nitrogens with two attached hydrogens (primary N) is 1. The summed E-state index contributed by atoms with van der Waals surface area (Å²) in [5.74, 6) is 0. The average molecular weight is 568 g/mol. The third kappa shape index (κ3) is 5.77. The van der Waals surface area contributed by atoms with Crippen molar-refractivity contribution in [1.29, 1.82) is 0 Å². The van der Waals surface area contributed by atoms with Gasteiger partial charge in [0, 0.05) is 40.1 Å². The van der Waals surface area contributed by atoms with Crippen molar-refractivity contribution in [3.63, 3.8) is 0 Å². The number of nitrogens with one attached hydrogen (secondary N) is 1. The molecule has 208 valence electrons. The Hall–Kier alpha value is -2.91. The zero-order chi connectivity index (χ0) is 28.4. The van der Waals surface area contributed by atoms with Gasteiger partial charge in [-0.1, -0.05) is 68.6 Å². The van der Waals surface area contributed by atoms with Crippen LogP contribution in [-0.4, -0.2) is 24.0 Å². The van der Waals surface area contributed by atoms with Crippen LogP contribution in [0.3, 0.4) is 0 Å². The quantitative estimate of drug-likeness (QED) is 0.202. The van der Waals surface area contributed by atoms with E-state index in [4.69, 9.17) is 12.3 Å². The summed E-state index contributed by atoms with van der Waals surface area (Å²) in [5.41, 5.74) is 15.2. The van der Waals surface area contributed by atoms with E-state index >= 15 is 0 Å². The van der Waals surface area contributed by atoms with Crippen LogP contribution in [0, 0.1) is 6.92 Å². The van der Waals surface area contributed by atoms with Gasteiger partial charge in [-0.15, -0.1) is 20.6 Å². The van der Waals surface area contributed by atoms with Crippen molar-refractivity contribution in [1.82, 2.24) is 10.2 Å². The summed E-state index contributed by atoms with van der Waals surface area (Å²) in [4.78, 5) is 3.91. The molecule has 1 unspecified atom stereocenters. The minimum Gasteiger partial charge on any atom is -0.399 e. The van der Waals surface area contributed by atoms with E-state index in [0.717, 1.165) is 24.2 Å². The van der Waals surface area contributed by atoms with Crippen molar-refractivity contribution in [2.24, 2.45) is 5.73 Å². The largest absolute Gasteiger partial charge is 0.399 e. The summed E-state index contributed by atoms with van der Waals surface area (Å²) in [6, 6.07) is 23.1. The molecule has 3 N–H and O–H groups in total. The van der Waals surface area contributed by atoms with Crippen LogP contribution in [0.2, 0.25) is 0 Å². The molecule has 0 spiro atoms. The van der Waals surface area contributed by atoms with E-state index in [9.17, 15) is 0 Å². The molecule has 1 heterocycles. The monoisotopic (exact) mass is 567 g/mol. The summed E-state index contributed by atoms with van der Waals surface area (Å²) < 4.78 is 1.33. The molecule has 1 aromatic heterocycles. The summed E-state index contributed by atoms with van der Waals surface area (Å²) in [5, 5.41) is 6.14. The van der Waals surface area contributed by atoms with Crippen molar-refractivity contribution >= 4 is 47.4 Å². The SMILES string of the molecule is C=C(N)c1ccc(-c2ccc(CC)c(CN(C(=C)c3sc4cccc(C)c4c3P)C3CCC(NC)CC3)c2)cc1. The minimum atomic E-state index is 0.469. The van der Waals surface area contributed by atoms with E-state index < -0.39 is 0 Å². The number of hydrogen-bond acceptors (Lipinski definition) is 4. The molecule has 1 atom stereocenters. The predicted molar refractivity (Wildman–Crippen MR) is 180 cm³/mol. The zero-order valence-electron chi connectivity index (χ0n) is 24.1. The Labute approximate surface area is 246 Å². The fourth-order valence-corrected chi connectivity index (χ4v) is 8.19. The molecule has 0 aliphatic heterocycles. The molecule has 0 bridgehead atoms. The Bertz CT molecular complexity index is 1530.